The van der Waals surface area contributed by atoms with E-state index >= 15 is 0 Å². The van der Waals surface area contributed by atoms with Gasteiger partial charge in [0.05, 0.1) is 0 Å². The Morgan fingerprint density at radius 3 is 2.52 bits per heavy atom. The summed E-state index contributed by atoms with van der Waals surface area (Å²) in [5.41, 5.74) is 1.79. The molecule has 1 aromatic heterocycles. The number of guanidine groups is 1. The molecular formula is C22H35N5O2. The molecule has 2 aliphatic heterocycles. The number of aromatic nitrogens is 1. The van der Waals surface area contributed by atoms with E-state index < -0.39 is 5.60 Å². The molecule has 3 heterocycles. The van der Waals surface area contributed by atoms with Crippen LogP contribution < -0.4 is 10.6 Å². The summed E-state index contributed by atoms with van der Waals surface area (Å²) in [5.74, 6) is 0.820. The van der Waals surface area contributed by atoms with Gasteiger partial charge in [-0.25, -0.2) is 4.79 Å². The van der Waals surface area contributed by atoms with E-state index in [-0.39, 0.29) is 18.2 Å². The number of rotatable bonds is 4. The van der Waals surface area contributed by atoms with Gasteiger partial charge in [-0.2, -0.15) is 0 Å². The van der Waals surface area contributed by atoms with Crippen LogP contribution in [0, 0.1) is 6.92 Å². The lowest BCUT2D eigenvalue weighted by Crippen LogP contribution is -2.55. The quantitative estimate of drug-likeness (QED) is 0.599. The number of nitrogens with zero attached hydrogens (tertiary/aromatic N) is 3. The largest absolute Gasteiger partial charge is 0.444 e. The molecule has 2 aliphatic rings. The van der Waals surface area contributed by atoms with Crippen LogP contribution in [-0.2, 0) is 11.2 Å². The number of carbonyl (C=O) groups excluding carboxylic acids is 1. The molecule has 2 N–H and O–H groups in total. The van der Waals surface area contributed by atoms with Crippen LogP contribution >= 0.6 is 0 Å². The highest BCUT2D eigenvalue weighted by Crippen LogP contribution is 2.36. The second kappa shape index (κ2) is 9.01. The van der Waals surface area contributed by atoms with E-state index in [1.807, 2.05) is 44.9 Å². The minimum absolute atomic E-state index is 0.169. The monoisotopic (exact) mass is 401 g/mol. The molecule has 2 fully saturated rings. The van der Waals surface area contributed by atoms with Crippen LogP contribution in [-0.4, -0.2) is 59.3 Å². The highest BCUT2D eigenvalue weighted by Gasteiger charge is 2.45. The van der Waals surface area contributed by atoms with Crippen molar-refractivity contribution < 1.29 is 9.53 Å². The lowest BCUT2D eigenvalue weighted by atomic mass is 9.98. The predicted molar refractivity (Wildman–Crippen MR) is 115 cm³/mol. The van der Waals surface area contributed by atoms with Crippen LogP contribution in [0.2, 0.25) is 0 Å². The van der Waals surface area contributed by atoms with Gasteiger partial charge < -0.3 is 20.3 Å². The standard InChI is InChI=1S/C22H35N5O2/c1-15-6-7-16(14-25-15)10-11-24-20(23-5)26-17-12-18-8-9-19(13-17)27(18)21(28)29-22(2,3)4/h6-7,14,17-19H,8-13H2,1-5H3,(H2,23,24,26). The first-order chi connectivity index (χ1) is 13.7. The van der Waals surface area contributed by atoms with Crippen LogP contribution in [0.5, 0.6) is 0 Å². The normalized spacial score (nSPS) is 24.4. The number of nitrogens with one attached hydrogen (secondary N) is 2. The summed E-state index contributed by atoms with van der Waals surface area (Å²) in [6.45, 7) is 8.55. The molecule has 0 spiro atoms. The average Bonchev–Trinajstić information content (AvgIpc) is 2.92. The summed E-state index contributed by atoms with van der Waals surface area (Å²) in [6, 6.07) is 4.97. The zero-order chi connectivity index (χ0) is 21.0. The maximum absolute atomic E-state index is 12.6. The van der Waals surface area contributed by atoms with Crippen LogP contribution in [0.15, 0.2) is 23.3 Å². The summed E-state index contributed by atoms with van der Waals surface area (Å²) < 4.78 is 5.62. The fraction of sp³-hybridized carbons (Fsp3) is 0.682. The van der Waals surface area contributed by atoms with Crippen LogP contribution in [0.25, 0.3) is 0 Å². The maximum atomic E-state index is 12.6. The molecule has 2 bridgehead atoms. The number of aliphatic imine (C=N–C) groups is 1. The van der Waals surface area contributed by atoms with Crippen molar-refractivity contribution in [2.24, 2.45) is 4.99 Å². The van der Waals surface area contributed by atoms with Gasteiger partial charge in [0, 0.05) is 43.6 Å². The SMILES string of the molecule is CN=C(NCCc1ccc(C)nc1)NC1CC2CCC(C1)N2C(=O)OC(C)(C)C. The van der Waals surface area contributed by atoms with E-state index in [1.165, 1.54) is 5.56 Å². The summed E-state index contributed by atoms with van der Waals surface area (Å²) in [5, 5.41) is 6.95. The van der Waals surface area contributed by atoms with Gasteiger partial charge in [-0.05, 0) is 71.4 Å². The Labute approximate surface area is 174 Å². The summed E-state index contributed by atoms with van der Waals surface area (Å²) >= 11 is 0. The zero-order valence-electron chi connectivity index (χ0n) is 18.4. The van der Waals surface area contributed by atoms with Crippen molar-refractivity contribution in [2.75, 3.05) is 13.6 Å². The molecule has 0 radical (unpaired) electrons. The smallest absolute Gasteiger partial charge is 0.410 e. The third-order valence-corrected chi connectivity index (χ3v) is 5.58. The van der Waals surface area contributed by atoms with E-state index in [1.54, 1.807) is 7.05 Å². The van der Waals surface area contributed by atoms with E-state index in [0.29, 0.717) is 6.04 Å². The molecule has 7 nitrogen and oxygen atoms in total. The predicted octanol–water partition coefficient (Wildman–Crippen LogP) is 3.03. The molecule has 0 aliphatic carbocycles. The molecule has 7 heteroatoms. The fourth-order valence-corrected chi connectivity index (χ4v) is 4.27. The number of amides is 1. The van der Waals surface area contributed by atoms with Gasteiger partial charge in [-0.15, -0.1) is 0 Å². The zero-order valence-corrected chi connectivity index (χ0v) is 18.4. The van der Waals surface area contributed by atoms with Crippen molar-refractivity contribution in [2.45, 2.75) is 83.5 Å². The average molecular weight is 402 g/mol. The van der Waals surface area contributed by atoms with E-state index in [9.17, 15) is 4.79 Å². The molecule has 29 heavy (non-hydrogen) atoms. The van der Waals surface area contributed by atoms with Gasteiger partial charge in [0.15, 0.2) is 5.96 Å². The van der Waals surface area contributed by atoms with Gasteiger partial charge in [0.2, 0.25) is 0 Å². The van der Waals surface area contributed by atoms with Crippen molar-refractivity contribution in [1.82, 2.24) is 20.5 Å². The molecule has 1 aromatic rings. The second-order valence-corrected chi connectivity index (χ2v) is 9.14. The molecule has 1 amide bonds. The number of piperidine rings is 1. The maximum Gasteiger partial charge on any atom is 0.410 e. The fourth-order valence-electron chi connectivity index (χ4n) is 4.27. The van der Waals surface area contributed by atoms with E-state index in [2.05, 4.69) is 26.7 Å². The summed E-state index contributed by atoms with van der Waals surface area (Å²) in [4.78, 5) is 23.3. The number of ether oxygens (including phenoxy) is 1. The number of aryl methyl sites for hydroxylation is 1. The number of pyridine rings is 1. The van der Waals surface area contributed by atoms with Crippen molar-refractivity contribution in [3.05, 3.63) is 29.6 Å². The minimum atomic E-state index is -0.454. The Kier molecular flexibility index (Phi) is 6.65. The van der Waals surface area contributed by atoms with Gasteiger partial charge in [0.1, 0.15) is 5.60 Å². The number of carbonyl (C=O) groups is 1. The molecule has 2 unspecified atom stereocenters. The Hall–Kier alpha value is -2.31. The molecule has 0 aromatic carbocycles. The molecule has 0 saturated carbocycles. The topological polar surface area (TPSA) is 78.9 Å². The first-order valence-electron chi connectivity index (χ1n) is 10.6. The molecule has 2 saturated heterocycles. The van der Waals surface area contributed by atoms with Gasteiger partial charge >= 0.3 is 6.09 Å². The number of hydrogen-bond donors (Lipinski definition) is 2. The number of hydrogen-bond acceptors (Lipinski definition) is 4. The van der Waals surface area contributed by atoms with Gasteiger partial charge in [-0.3, -0.25) is 9.98 Å². The van der Waals surface area contributed by atoms with Crippen molar-refractivity contribution in [3.8, 4) is 0 Å². The highest BCUT2D eigenvalue weighted by atomic mass is 16.6. The van der Waals surface area contributed by atoms with Gasteiger partial charge in [-0.1, -0.05) is 6.07 Å². The Morgan fingerprint density at radius 1 is 1.28 bits per heavy atom. The number of fused-ring (bicyclic) bond motifs is 2. The van der Waals surface area contributed by atoms with Crippen LogP contribution in [0.3, 0.4) is 0 Å². The second-order valence-electron chi connectivity index (χ2n) is 9.14. The van der Waals surface area contributed by atoms with Crippen molar-refractivity contribution >= 4 is 12.1 Å². The molecular weight excluding hydrogens is 366 g/mol. The highest BCUT2D eigenvalue weighted by molar-refractivity contribution is 5.80. The van der Waals surface area contributed by atoms with Crippen LogP contribution in [0.1, 0.15) is 57.7 Å². The molecule has 3 rings (SSSR count). The summed E-state index contributed by atoms with van der Waals surface area (Å²) in [7, 11) is 1.80. The first-order valence-corrected chi connectivity index (χ1v) is 10.6. The van der Waals surface area contributed by atoms with E-state index in [4.69, 9.17) is 4.74 Å². The lowest BCUT2D eigenvalue weighted by molar-refractivity contribution is 0.00545. The Bertz CT molecular complexity index is 712. The molecule has 2 atom stereocenters. The van der Waals surface area contributed by atoms with Crippen LogP contribution in [0.4, 0.5) is 4.79 Å². The first kappa shape index (κ1) is 21.4. The minimum Gasteiger partial charge on any atom is -0.444 e. The third kappa shape index (κ3) is 5.84. The Balaban J connectivity index is 1.48. The third-order valence-electron chi connectivity index (χ3n) is 5.58. The van der Waals surface area contributed by atoms with E-state index in [0.717, 1.165) is 50.3 Å². The lowest BCUT2D eigenvalue weighted by Gasteiger charge is -2.40. The van der Waals surface area contributed by atoms with Crippen molar-refractivity contribution in [3.63, 3.8) is 0 Å². The van der Waals surface area contributed by atoms with Gasteiger partial charge in [0.25, 0.3) is 0 Å². The Morgan fingerprint density at radius 2 is 1.97 bits per heavy atom. The summed E-state index contributed by atoms with van der Waals surface area (Å²) in [6.07, 6.45) is 6.62. The van der Waals surface area contributed by atoms with Crippen molar-refractivity contribution in [1.29, 1.82) is 0 Å². The molecule has 160 valence electrons.